The molecule has 22 N–H and O–H groups in total. The highest BCUT2D eigenvalue weighted by atomic mass is 35.5. The number of likely N-dealkylation sites (tertiary alicyclic amines) is 6. The van der Waals surface area contributed by atoms with Crippen molar-refractivity contribution in [3.8, 4) is 0 Å². The summed E-state index contributed by atoms with van der Waals surface area (Å²) in [5, 5.41) is 75.9. The number of unbranched alkanes of at least 4 members (excludes halogenated alkanes) is 5. The molecule has 9 aliphatic rings. The molecule has 6 heterocycles. The number of aryl methyl sites for hydroxylation is 3. The lowest BCUT2D eigenvalue weighted by molar-refractivity contribution is -0.146. The van der Waals surface area contributed by atoms with E-state index in [2.05, 4.69) is 39.8 Å². The van der Waals surface area contributed by atoms with Gasteiger partial charge in [0.25, 0.3) is 0 Å². The van der Waals surface area contributed by atoms with Gasteiger partial charge in [0.1, 0.15) is 33.2 Å². The van der Waals surface area contributed by atoms with Gasteiger partial charge in [-0.05, 0) is 192 Å². The zero-order valence-electron chi connectivity index (χ0n) is 88.3. The number of carboxylic acids is 6. The summed E-state index contributed by atoms with van der Waals surface area (Å²) in [7, 11) is -1.41. The van der Waals surface area contributed by atoms with Gasteiger partial charge >= 0.3 is 49.1 Å². The third kappa shape index (κ3) is 32.1. The van der Waals surface area contributed by atoms with Crippen molar-refractivity contribution < 1.29 is 111 Å². The molecule has 6 aliphatic heterocycles. The number of amides is 6. The number of halogens is 4. The fourth-order valence-corrected chi connectivity index (χ4v) is 23.2. The third-order valence-electron chi connectivity index (χ3n) is 32.6. The summed E-state index contributed by atoms with van der Waals surface area (Å²) in [6.45, 7) is 15.1. The molecule has 33 nitrogen and oxygen atoms in total. The summed E-state index contributed by atoms with van der Waals surface area (Å²) in [5.41, 5.74) is 41.7. The molecule has 0 bridgehead atoms. The quantitative estimate of drug-likeness (QED) is 0.0162. The molecule has 150 heavy (non-hydrogen) atoms. The molecule has 1 saturated carbocycles. The molecule has 16 atom stereocenters. The van der Waals surface area contributed by atoms with E-state index in [1.165, 1.54) is 39.3 Å². The number of carbonyl (C=O) groups excluding carboxylic acids is 6. The standard InChI is InChI=1S/C20H27ClN2O3.C20H28N2O3.C20H30N2O3.C19H26F3N3O3.C18H27BN2O5.C15H26N2O3/c1-2-3-4-16-11-23(12-20(16,22)19(25)26)18(24)15-6-5-14-10-17(21)8-7-13(14)9-15;1-2-3-8-17-12-22(13-20(17,21)19(24)25)18(23)16-10-9-14-6-4-5-7-15(14)11-16;1-3-5-11-17-13-22(14-20(17,21)19(24)25)18(23)16(4-2)12-15-9-7-6-8-10-15;1-2-3-4-14-10-25(11-18(14,24)17(27)28)16(26)15(23)9-12-5-7-13(8-6-12)19(20,21)22;20-18(17(23)24)13-21(12-15(18)9-5-11-19(25)26)16(22)10-4-8-14-6-2-1-3-7-14;1-2-3-8-12-9-17(10-15(12,16)14(19)20)13(18)11-6-4-5-7-11/h7-8,10,15-16H,2-6,9,11-12,22H2,1H3,(H,25,26);4-7,16-17H,2-3,8-13,21H2,1H3,(H,24,25);6-10,16-17H,3-5,11-14,21H2,1-2H3,(H,24,25);5-8,14-15H,2-4,9-11,23-24H2,1H3,(H,27,28);1-3,6-7,15,25-26H,4-5,8-13,20H2,(H,23,24);11-12H,2-10,16H2,1H3,(H,19,20). The lowest BCUT2D eigenvalue weighted by Gasteiger charge is -2.28. The van der Waals surface area contributed by atoms with Crippen molar-refractivity contribution >= 4 is 90.0 Å². The van der Waals surface area contributed by atoms with E-state index >= 15 is 0 Å². The molecule has 5 aromatic carbocycles. The van der Waals surface area contributed by atoms with Crippen LogP contribution < -0.4 is 40.1 Å². The van der Waals surface area contributed by atoms with Gasteiger partial charge in [0.15, 0.2) is 0 Å². The largest absolute Gasteiger partial charge is 0.480 e. The Labute approximate surface area is 885 Å². The zero-order valence-corrected chi connectivity index (χ0v) is 89.0. The first-order valence-corrected chi connectivity index (χ1v) is 54.5. The van der Waals surface area contributed by atoms with Crippen LogP contribution in [0.15, 0.2) is 127 Å². The third-order valence-corrected chi connectivity index (χ3v) is 32.9. The van der Waals surface area contributed by atoms with Crippen molar-refractivity contribution in [2.24, 2.45) is 99.3 Å². The van der Waals surface area contributed by atoms with Gasteiger partial charge in [-0.3, -0.25) is 57.5 Å². The van der Waals surface area contributed by atoms with Crippen LogP contribution in [-0.4, -0.2) is 266 Å². The average Bonchev–Trinajstić information content (AvgIpc) is 1.65. The number of alkyl halides is 3. The summed E-state index contributed by atoms with van der Waals surface area (Å²) in [6.07, 6.45) is 21.9. The second-order valence-electron chi connectivity index (χ2n) is 43.4. The second kappa shape index (κ2) is 56.4. The van der Waals surface area contributed by atoms with Crippen LogP contribution in [0.25, 0.3) is 0 Å². The van der Waals surface area contributed by atoms with Crippen molar-refractivity contribution in [2.75, 3.05) is 78.5 Å². The summed E-state index contributed by atoms with van der Waals surface area (Å²) in [4.78, 5) is 156. The Morgan fingerprint density at radius 2 is 0.720 bits per heavy atom. The number of benzene rings is 5. The predicted molar refractivity (Wildman–Crippen MR) is 567 cm³/mol. The highest BCUT2D eigenvalue weighted by Gasteiger charge is 2.58. The number of carbonyl (C=O) groups is 12. The first kappa shape index (κ1) is 123. The maximum absolute atomic E-state index is 13.1. The van der Waals surface area contributed by atoms with Gasteiger partial charge in [0, 0.05) is 149 Å². The SMILES string of the molecule is CCCCC1CN(C(=O)C(CC)Cc2ccccc2)CC1(N)C(=O)O.CCCCC1CN(C(=O)C(N)Cc2ccc(C(F)(F)F)cc2)CC1(N)C(=O)O.CCCCC1CN(C(=O)C2CCCC2)CC1(N)C(=O)O.CCCCC1CN(C(=O)C2CCc3cc(Cl)ccc3C2)CC1(N)C(=O)O.CCCCC1CN(C(=O)C2CCc3ccccc3C2)CC1(N)C(=O)O.NC1(C(=O)O)CN(C(=O)CCCc2ccccc2)CC1CCCB(O)O. The van der Waals surface area contributed by atoms with Crippen molar-refractivity contribution in [1.29, 1.82) is 0 Å². The molecule has 14 rings (SSSR count). The first-order valence-electron chi connectivity index (χ1n) is 54.1. The number of hydrogen-bond donors (Lipinski definition) is 15. The second-order valence-corrected chi connectivity index (χ2v) is 43.9. The number of fused-ring (bicyclic) bond motifs is 2. The van der Waals surface area contributed by atoms with Crippen LogP contribution in [0.1, 0.15) is 253 Å². The molecule has 828 valence electrons. The van der Waals surface area contributed by atoms with Crippen molar-refractivity contribution in [3.05, 3.63) is 177 Å². The Morgan fingerprint density at radius 1 is 0.387 bits per heavy atom. The average molecular weight is 2120 g/mol. The van der Waals surface area contributed by atoms with Gasteiger partial charge in [0.05, 0.1) is 11.6 Å². The minimum absolute atomic E-state index is 0.00114. The van der Waals surface area contributed by atoms with Crippen molar-refractivity contribution in [2.45, 2.75) is 305 Å². The van der Waals surface area contributed by atoms with E-state index in [4.69, 9.17) is 61.8 Å². The van der Waals surface area contributed by atoms with Crippen molar-refractivity contribution in [1.82, 2.24) is 29.4 Å². The summed E-state index contributed by atoms with van der Waals surface area (Å²) >= 11 is 6.05. The van der Waals surface area contributed by atoms with Gasteiger partial charge in [-0.2, -0.15) is 13.2 Å². The lowest BCUT2D eigenvalue weighted by Crippen LogP contribution is -2.55. The summed E-state index contributed by atoms with van der Waals surface area (Å²) in [6, 6.07) is 37.4. The molecule has 0 radical (unpaired) electrons. The molecule has 38 heteroatoms. The molecule has 0 aromatic heterocycles. The monoisotopic (exact) mass is 2110 g/mol. The maximum Gasteiger partial charge on any atom is 0.451 e. The van der Waals surface area contributed by atoms with Crippen molar-refractivity contribution in [3.63, 3.8) is 0 Å². The maximum atomic E-state index is 13.1. The number of nitrogens with zero attached hydrogens (tertiary/aromatic N) is 6. The van der Waals surface area contributed by atoms with Crippen LogP contribution in [0.5, 0.6) is 0 Å². The van der Waals surface area contributed by atoms with Gasteiger partial charge in [-0.15, -0.1) is 0 Å². The molecule has 6 saturated heterocycles. The lowest BCUT2D eigenvalue weighted by atomic mass is 9.78. The minimum atomic E-state index is -4.43. The molecule has 0 spiro atoms. The Morgan fingerprint density at radius 3 is 1.11 bits per heavy atom. The number of nitrogens with two attached hydrogens (primary N) is 7. The molecule has 16 unspecified atom stereocenters. The highest BCUT2D eigenvalue weighted by Crippen LogP contribution is 2.42. The van der Waals surface area contributed by atoms with E-state index in [1.807, 2.05) is 105 Å². The number of aliphatic carboxylic acids is 6. The fraction of sp³-hybridized carbons (Fsp3) is 0.625. The topological polar surface area (TPSA) is 568 Å². The van der Waals surface area contributed by atoms with Gasteiger partial charge in [0.2, 0.25) is 35.4 Å². The van der Waals surface area contributed by atoms with E-state index in [0.29, 0.717) is 83.2 Å². The van der Waals surface area contributed by atoms with Gasteiger partial charge in [-0.25, -0.2) is 0 Å². The highest BCUT2D eigenvalue weighted by molar-refractivity contribution is 6.40. The fourth-order valence-electron chi connectivity index (χ4n) is 23.0. The molecule has 5 aromatic rings. The number of rotatable bonds is 39. The van der Waals surface area contributed by atoms with Crippen LogP contribution in [0.4, 0.5) is 13.2 Å². The summed E-state index contributed by atoms with van der Waals surface area (Å²) in [5.74, 6) is -8.10. The Hall–Kier alpha value is -10.5. The predicted octanol–water partition coefficient (Wildman–Crippen LogP) is 11.9. The van der Waals surface area contributed by atoms with Crippen LogP contribution in [0.2, 0.25) is 11.3 Å². The molecule has 7 fully saturated rings. The smallest absolute Gasteiger partial charge is 0.451 e. The first-order chi connectivity index (χ1) is 71.0. The molecule has 6 amide bonds. The van der Waals surface area contributed by atoms with Crippen LogP contribution in [-0.2, 0) is 109 Å². The summed E-state index contributed by atoms with van der Waals surface area (Å²) < 4.78 is 37.9. The number of hydrogen-bond acceptors (Lipinski definition) is 21. The van der Waals surface area contributed by atoms with Crippen LogP contribution >= 0.6 is 11.6 Å². The van der Waals surface area contributed by atoms with E-state index < -0.39 is 106 Å². The zero-order chi connectivity index (χ0) is 110. The Kier molecular flexibility index (Phi) is 46.3. The van der Waals surface area contributed by atoms with E-state index in [0.717, 1.165) is 189 Å². The molecule has 3 aliphatic carbocycles. The van der Waals surface area contributed by atoms with E-state index in [-0.39, 0.29) is 141 Å². The minimum Gasteiger partial charge on any atom is -0.480 e. The van der Waals surface area contributed by atoms with Crippen LogP contribution in [0, 0.1) is 59.2 Å². The Bertz CT molecular complexity index is 5260. The Balaban J connectivity index is 0.000000200. The van der Waals surface area contributed by atoms with E-state index in [1.54, 1.807) is 24.5 Å². The number of carboxylic acid groups (broad SMARTS) is 6. The molecular formula is C112H164BClF3N13O20. The normalized spacial score (nSPS) is 26.1. The van der Waals surface area contributed by atoms with Gasteiger partial charge in [-0.1, -0.05) is 240 Å². The van der Waals surface area contributed by atoms with Crippen LogP contribution in [0.3, 0.4) is 0 Å². The van der Waals surface area contributed by atoms with Gasteiger partial charge < -0.3 is 110 Å². The van der Waals surface area contributed by atoms with E-state index in [9.17, 15) is 101 Å². The molecular weight excluding hydrogens is 1950 g/mol.